The molecule has 2 aromatic rings. The van der Waals surface area contributed by atoms with Gasteiger partial charge in [0.2, 0.25) is 5.91 Å². The van der Waals surface area contributed by atoms with Crippen molar-refractivity contribution in [3.8, 4) is 0 Å². The molecule has 2 aromatic heterocycles. The molecule has 0 unspecified atom stereocenters. The minimum atomic E-state index is -0.559. The van der Waals surface area contributed by atoms with E-state index in [0.29, 0.717) is 5.16 Å². The van der Waals surface area contributed by atoms with E-state index in [4.69, 9.17) is 0 Å². The average Bonchev–Trinajstić information content (AvgIpc) is 2.96. The summed E-state index contributed by atoms with van der Waals surface area (Å²) >= 11 is 1.97. The molecule has 0 aliphatic heterocycles. The lowest BCUT2D eigenvalue weighted by molar-refractivity contribution is -0.380. The van der Waals surface area contributed by atoms with Crippen LogP contribution in [-0.4, -0.2) is 36.7 Å². The zero-order valence-corrected chi connectivity index (χ0v) is 10.3. The van der Waals surface area contributed by atoms with E-state index >= 15 is 0 Å². The van der Waals surface area contributed by atoms with Gasteiger partial charge in [0.15, 0.2) is 10.3 Å². The molecule has 0 aliphatic carbocycles. The Hall–Kier alpha value is -2.01. The molecule has 0 aromatic carbocycles. The van der Waals surface area contributed by atoms with Gasteiger partial charge >= 0.3 is 5.00 Å². The second kappa shape index (κ2) is 5.55. The number of nitro groups is 1. The van der Waals surface area contributed by atoms with E-state index in [1.165, 1.54) is 18.1 Å². The predicted octanol–water partition coefficient (Wildman–Crippen LogP) is 0.900. The molecule has 2 rings (SSSR count). The Morgan fingerprint density at radius 2 is 2.44 bits per heavy atom. The van der Waals surface area contributed by atoms with Crippen molar-refractivity contribution in [2.24, 2.45) is 0 Å². The molecule has 11 heteroatoms. The first-order valence-electron chi connectivity index (χ1n) is 4.53. The first kappa shape index (κ1) is 12.4. The second-order valence-electron chi connectivity index (χ2n) is 2.89. The molecule has 18 heavy (non-hydrogen) atoms. The van der Waals surface area contributed by atoms with E-state index in [1.54, 1.807) is 0 Å². The highest BCUT2D eigenvalue weighted by atomic mass is 32.2. The van der Waals surface area contributed by atoms with Crippen LogP contribution in [0, 0.1) is 10.1 Å². The van der Waals surface area contributed by atoms with Crippen molar-refractivity contribution in [2.75, 3.05) is 11.1 Å². The lowest BCUT2D eigenvalue weighted by Crippen LogP contribution is -2.13. The van der Waals surface area contributed by atoms with Gasteiger partial charge in [-0.2, -0.15) is 5.10 Å². The van der Waals surface area contributed by atoms with E-state index in [9.17, 15) is 14.9 Å². The molecule has 0 atom stereocenters. The van der Waals surface area contributed by atoms with Gasteiger partial charge in [0.1, 0.15) is 12.5 Å². The fourth-order valence-corrected chi connectivity index (χ4v) is 2.19. The summed E-state index contributed by atoms with van der Waals surface area (Å²) in [5.41, 5.74) is 0. The molecule has 0 aliphatic rings. The number of aromatic nitrogens is 4. The molecule has 9 nitrogen and oxygen atoms in total. The summed E-state index contributed by atoms with van der Waals surface area (Å²) in [6, 6.07) is 0. The number of carbonyl (C=O) groups is 1. The van der Waals surface area contributed by atoms with Crippen molar-refractivity contribution >= 4 is 39.1 Å². The maximum Gasteiger partial charge on any atom is 0.345 e. The van der Waals surface area contributed by atoms with E-state index in [-0.39, 0.29) is 21.8 Å². The third kappa shape index (κ3) is 3.24. The number of amides is 1. The van der Waals surface area contributed by atoms with Crippen LogP contribution in [0.5, 0.6) is 0 Å². The van der Waals surface area contributed by atoms with Crippen LogP contribution in [0.15, 0.2) is 17.7 Å². The number of thioether (sulfide) groups is 1. The van der Waals surface area contributed by atoms with Gasteiger partial charge in [-0.3, -0.25) is 20.0 Å². The molecule has 0 bridgehead atoms. The number of aromatic amines is 1. The smallest absolute Gasteiger partial charge is 0.301 e. The van der Waals surface area contributed by atoms with E-state index in [1.807, 2.05) is 0 Å². The lowest BCUT2D eigenvalue weighted by Gasteiger charge is -1.98. The van der Waals surface area contributed by atoms with Crippen LogP contribution < -0.4 is 5.32 Å². The molecule has 1 amide bonds. The van der Waals surface area contributed by atoms with Crippen LogP contribution in [0.3, 0.4) is 0 Å². The fourth-order valence-electron chi connectivity index (χ4n) is 0.961. The van der Waals surface area contributed by atoms with E-state index in [0.717, 1.165) is 17.5 Å². The average molecular weight is 286 g/mol. The third-order valence-electron chi connectivity index (χ3n) is 1.65. The topological polar surface area (TPSA) is 127 Å². The Kier molecular flexibility index (Phi) is 3.84. The normalized spacial score (nSPS) is 10.2. The van der Waals surface area contributed by atoms with Crippen molar-refractivity contribution < 1.29 is 9.72 Å². The monoisotopic (exact) mass is 286 g/mol. The maximum atomic E-state index is 11.5. The van der Waals surface area contributed by atoms with Crippen molar-refractivity contribution in [1.29, 1.82) is 0 Å². The largest absolute Gasteiger partial charge is 0.345 e. The lowest BCUT2D eigenvalue weighted by atomic mass is 10.7. The number of anilines is 1. The fraction of sp³-hybridized carbons (Fsp3) is 0.143. The zero-order chi connectivity index (χ0) is 13.0. The number of hydrogen-bond acceptors (Lipinski definition) is 8. The first-order valence-corrected chi connectivity index (χ1v) is 6.33. The predicted molar refractivity (Wildman–Crippen MR) is 64.5 cm³/mol. The summed E-state index contributed by atoms with van der Waals surface area (Å²) in [6.07, 6.45) is 2.44. The van der Waals surface area contributed by atoms with Crippen molar-refractivity contribution in [2.45, 2.75) is 5.16 Å². The minimum absolute atomic E-state index is 0.114. The van der Waals surface area contributed by atoms with Gasteiger partial charge in [-0.15, -0.1) is 0 Å². The number of rotatable bonds is 5. The van der Waals surface area contributed by atoms with Gasteiger partial charge in [-0.25, -0.2) is 9.97 Å². The highest BCUT2D eigenvalue weighted by Gasteiger charge is 2.13. The Balaban J connectivity index is 1.85. The summed E-state index contributed by atoms with van der Waals surface area (Å²) in [6.45, 7) is 0. The number of nitrogens with one attached hydrogen (secondary N) is 2. The number of thiazole rings is 1. The van der Waals surface area contributed by atoms with Gasteiger partial charge in [0.25, 0.3) is 0 Å². The summed E-state index contributed by atoms with van der Waals surface area (Å²) in [4.78, 5) is 28.9. The Bertz CT molecular complexity index is 553. The Morgan fingerprint density at radius 1 is 1.61 bits per heavy atom. The van der Waals surface area contributed by atoms with E-state index in [2.05, 4.69) is 25.5 Å². The molecular formula is C7H6N6O3S2. The van der Waals surface area contributed by atoms with E-state index < -0.39 is 4.92 Å². The SMILES string of the molecule is O=C(CSc1ncn[nH]1)Nc1ncc([N+](=O)[O-])s1. The molecule has 0 radical (unpaired) electrons. The molecule has 2 N–H and O–H groups in total. The number of hydrogen-bond donors (Lipinski definition) is 2. The Morgan fingerprint density at radius 3 is 3.06 bits per heavy atom. The molecule has 2 heterocycles. The number of nitrogens with zero attached hydrogens (tertiary/aromatic N) is 4. The van der Waals surface area contributed by atoms with Crippen molar-refractivity contribution in [3.63, 3.8) is 0 Å². The molecule has 0 saturated heterocycles. The van der Waals surface area contributed by atoms with Crippen LogP contribution in [0.2, 0.25) is 0 Å². The van der Waals surface area contributed by atoms with Crippen LogP contribution in [0.4, 0.5) is 10.1 Å². The molecule has 0 spiro atoms. The number of H-pyrrole nitrogens is 1. The van der Waals surface area contributed by atoms with Gasteiger partial charge in [-0.05, 0) is 11.3 Å². The van der Waals surface area contributed by atoms with Crippen molar-refractivity contribution in [1.82, 2.24) is 20.2 Å². The van der Waals surface area contributed by atoms with Crippen molar-refractivity contribution in [3.05, 3.63) is 22.6 Å². The molecule has 94 valence electrons. The summed E-state index contributed by atoms with van der Waals surface area (Å²) in [5, 5.41) is 19.7. The van der Waals surface area contributed by atoms with Gasteiger partial charge in [-0.1, -0.05) is 11.8 Å². The Labute approximate surface area is 108 Å². The zero-order valence-electron chi connectivity index (χ0n) is 8.69. The maximum absolute atomic E-state index is 11.5. The summed E-state index contributed by atoms with van der Waals surface area (Å²) < 4.78 is 0. The standard InChI is InChI=1S/C7H6N6O3S2/c14-4(2-17-7-9-3-10-12-7)11-6-8-1-5(18-6)13(15)16/h1,3H,2H2,(H,8,11,14)(H,9,10,12). The first-order chi connectivity index (χ1) is 8.65. The van der Waals surface area contributed by atoms with Crippen LogP contribution in [0.1, 0.15) is 0 Å². The van der Waals surface area contributed by atoms with Crippen LogP contribution in [-0.2, 0) is 4.79 Å². The minimum Gasteiger partial charge on any atom is -0.301 e. The van der Waals surface area contributed by atoms with Crippen LogP contribution >= 0.6 is 23.1 Å². The summed E-state index contributed by atoms with van der Waals surface area (Å²) in [5.74, 6) is -0.205. The molecule has 0 saturated carbocycles. The molecule has 0 fully saturated rings. The third-order valence-corrected chi connectivity index (χ3v) is 3.39. The van der Waals surface area contributed by atoms with Crippen LogP contribution in [0.25, 0.3) is 0 Å². The van der Waals surface area contributed by atoms with Gasteiger partial charge < -0.3 is 5.32 Å². The molecular weight excluding hydrogens is 280 g/mol. The summed E-state index contributed by atoms with van der Waals surface area (Å²) in [7, 11) is 0. The van der Waals surface area contributed by atoms with Gasteiger partial charge in [0, 0.05) is 0 Å². The quantitative estimate of drug-likeness (QED) is 0.475. The second-order valence-corrected chi connectivity index (χ2v) is 4.86. The highest BCUT2D eigenvalue weighted by Crippen LogP contribution is 2.25. The number of carbonyl (C=O) groups excluding carboxylic acids is 1. The highest BCUT2D eigenvalue weighted by molar-refractivity contribution is 7.99. The van der Waals surface area contributed by atoms with Gasteiger partial charge in [0.05, 0.1) is 10.7 Å².